The molecule has 0 unspecified atom stereocenters. The highest BCUT2D eigenvalue weighted by Gasteiger charge is 2.33. The Morgan fingerprint density at radius 1 is 1.12 bits per heavy atom. The van der Waals surface area contributed by atoms with Crippen LogP contribution in [0.15, 0.2) is 42.6 Å². The minimum Gasteiger partial charge on any atom is -0.474 e. The molecule has 3 aliphatic rings. The van der Waals surface area contributed by atoms with Crippen LogP contribution in [0.4, 0.5) is 5.69 Å². The van der Waals surface area contributed by atoms with E-state index in [-0.39, 0.29) is 17.9 Å². The van der Waals surface area contributed by atoms with E-state index in [4.69, 9.17) is 16.3 Å². The number of pyridine rings is 1. The molecule has 0 spiro atoms. The van der Waals surface area contributed by atoms with E-state index in [1.807, 2.05) is 36.4 Å². The van der Waals surface area contributed by atoms with Crippen LogP contribution in [0.5, 0.6) is 5.88 Å². The van der Waals surface area contributed by atoms with Crippen LogP contribution in [0.1, 0.15) is 43.8 Å². The van der Waals surface area contributed by atoms with Crippen LogP contribution in [0, 0.1) is 5.92 Å². The van der Waals surface area contributed by atoms with Crippen LogP contribution < -0.4 is 15.0 Å². The number of nitrogens with one attached hydrogen (secondary N) is 1. The van der Waals surface area contributed by atoms with Crippen LogP contribution in [-0.4, -0.2) is 65.8 Å². The first-order valence-electron chi connectivity index (χ1n) is 12.4. The molecule has 1 aliphatic carbocycles. The first kappa shape index (κ1) is 23.4. The van der Waals surface area contributed by atoms with Gasteiger partial charge in [-0.25, -0.2) is 4.98 Å². The Kier molecular flexibility index (Phi) is 7.23. The van der Waals surface area contributed by atoms with E-state index < -0.39 is 12.1 Å². The van der Waals surface area contributed by atoms with Gasteiger partial charge in [-0.1, -0.05) is 11.6 Å². The quantitative estimate of drug-likeness (QED) is 0.568. The van der Waals surface area contributed by atoms with Gasteiger partial charge in [0, 0.05) is 48.2 Å². The summed E-state index contributed by atoms with van der Waals surface area (Å²) < 4.78 is 5.73. The number of aliphatic hydroxyl groups excluding tert-OH is 1. The molecule has 34 heavy (non-hydrogen) atoms. The Hall–Kier alpha value is -2.35. The topological polar surface area (TPSA) is 77.9 Å². The second kappa shape index (κ2) is 10.5. The Morgan fingerprint density at radius 2 is 1.88 bits per heavy atom. The third-order valence-electron chi connectivity index (χ3n) is 7.03. The van der Waals surface area contributed by atoms with Crippen molar-refractivity contribution in [2.45, 2.75) is 50.4 Å². The molecule has 2 N–H and O–H groups in total. The lowest BCUT2D eigenvalue weighted by Crippen LogP contribution is -2.48. The fourth-order valence-electron chi connectivity index (χ4n) is 4.85. The maximum Gasteiger partial charge on any atom is 0.225 e. The first-order valence-corrected chi connectivity index (χ1v) is 12.8. The lowest BCUT2D eigenvalue weighted by molar-refractivity contribution is -0.126. The molecule has 1 saturated carbocycles. The molecule has 2 aliphatic heterocycles. The zero-order valence-electron chi connectivity index (χ0n) is 19.4. The van der Waals surface area contributed by atoms with E-state index >= 15 is 0 Å². The predicted octanol–water partition coefficient (Wildman–Crippen LogP) is 3.42. The molecular formula is C26H33ClN4O3. The molecule has 1 amide bonds. The van der Waals surface area contributed by atoms with Gasteiger partial charge in [0.1, 0.15) is 12.2 Å². The molecule has 3 atom stereocenters. The number of nitrogens with zero attached hydrogens (tertiary/aromatic N) is 3. The molecule has 1 aromatic carbocycles. The second-order valence-electron chi connectivity index (χ2n) is 9.72. The van der Waals surface area contributed by atoms with Crippen molar-refractivity contribution >= 4 is 23.2 Å². The molecule has 182 valence electrons. The van der Waals surface area contributed by atoms with Crippen molar-refractivity contribution in [2.24, 2.45) is 5.92 Å². The molecule has 0 bridgehead atoms. The number of amides is 1. The Morgan fingerprint density at radius 3 is 2.56 bits per heavy atom. The van der Waals surface area contributed by atoms with Crippen LogP contribution in [-0.2, 0) is 4.79 Å². The van der Waals surface area contributed by atoms with Gasteiger partial charge in [-0.3, -0.25) is 4.79 Å². The maximum atomic E-state index is 13.3. The fraction of sp³-hybridized carbons (Fsp3) is 0.538. The van der Waals surface area contributed by atoms with Gasteiger partial charge in [-0.15, -0.1) is 0 Å². The molecule has 3 fully saturated rings. The van der Waals surface area contributed by atoms with Gasteiger partial charge in [-0.2, -0.15) is 0 Å². The number of anilines is 1. The number of hydrogen-bond acceptors (Lipinski definition) is 6. The van der Waals surface area contributed by atoms with E-state index in [9.17, 15) is 9.90 Å². The fourth-order valence-corrected chi connectivity index (χ4v) is 4.98. The number of carbonyl (C=O) groups is 1. The number of likely N-dealkylation sites (tertiary alicyclic amines) is 1. The maximum absolute atomic E-state index is 13.3. The van der Waals surface area contributed by atoms with Crippen molar-refractivity contribution < 1.29 is 14.6 Å². The van der Waals surface area contributed by atoms with Gasteiger partial charge in [0.15, 0.2) is 0 Å². The number of aromatic nitrogens is 1. The molecule has 7 nitrogen and oxygen atoms in total. The summed E-state index contributed by atoms with van der Waals surface area (Å²) >= 11 is 6.02. The zero-order chi connectivity index (χ0) is 23.5. The average Bonchev–Trinajstić information content (AvgIpc) is 3.29. The summed E-state index contributed by atoms with van der Waals surface area (Å²) in [4.78, 5) is 22.2. The summed E-state index contributed by atoms with van der Waals surface area (Å²) in [7, 11) is 0. The second-order valence-corrected chi connectivity index (χ2v) is 10.2. The summed E-state index contributed by atoms with van der Waals surface area (Å²) in [5.41, 5.74) is 1.77. The van der Waals surface area contributed by atoms with Crippen LogP contribution in [0.25, 0.3) is 0 Å². The highest BCUT2D eigenvalue weighted by atomic mass is 35.5. The standard InChI is InChI=1S/C26H33ClN4O3/c27-20-4-6-21(7-5-20)31-14-11-19(16-31)26(33)29-23(17-30-12-1-2-13-30)25(32)18-3-10-24(28-15-18)34-22-8-9-22/h3-7,10,15,19,22-23,25,32H,1-2,8-9,11-14,16-17H2,(H,29,33)/t19-,23+,25+/m0/s1. The summed E-state index contributed by atoms with van der Waals surface area (Å²) in [5.74, 6) is 0.476. The molecule has 2 saturated heterocycles. The number of benzene rings is 1. The van der Waals surface area contributed by atoms with Crippen molar-refractivity contribution in [3.63, 3.8) is 0 Å². The highest BCUT2D eigenvalue weighted by molar-refractivity contribution is 6.30. The molecule has 1 aromatic heterocycles. The normalized spacial score (nSPS) is 22.5. The average molecular weight is 485 g/mol. The molecule has 0 radical (unpaired) electrons. The van der Waals surface area contributed by atoms with E-state index in [0.29, 0.717) is 29.6 Å². The Labute approximate surface area is 206 Å². The minimum absolute atomic E-state index is 0.00126. The number of aliphatic hydroxyl groups is 1. The predicted molar refractivity (Wildman–Crippen MR) is 132 cm³/mol. The van der Waals surface area contributed by atoms with Crippen molar-refractivity contribution in [1.82, 2.24) is 15.2 Å². The summed E-state index contributed by atoms with van der Waals surface area (Å²) in [5, 5.41) is 15.1. The zero-order valence-corrected chi connectivity index (χ0v) is 20.2. The van der Waals surface area contributed by atoms with Crippen molar-refractivity contribution in [2.75, 3.05) is 37.6 Å². The SMILES string of the molecule is O=C(N[C@H](CN1CCCC1)[C@H](O)c1ccc(OC2CC2)nc1)[C@H]1CCN(c2ccc(Cl)cc2)C1. The summed E-state index contributed by atoms with van der Waals surface area (Å²) in [6, 6.07) is 11.0. The number of ether oxygens (including phenoxy) is 1. The summed E-state index contributed by atoms with van der Waals surface area (Å²) in [6.45, 7) is 4.11. The molecule has 8 heteroatoms. The smallest absolute Gasteiger partial charge is 0.225 e. The van der Waals surface area contributed by atoms with Crippen molar-refractivity contribution in [3.05, 3.63) is 53.2 Å². The lowest BCUT2D eigenvalue weighted by atomic mass is 10.0. The highest BCUT2D eigenvalue weighted by Crippen LogP contribution is 2.28. The number of halogens is 1. The lowest BCUT2D eigenvalue weighted by Gasteiger charge is -2.29. The van der Waals surface area contributed by atoms with Crippen molar-refractivity contribution in [3.8, 4) is 5.88 Å². The minimum atomic E-state index is -0.833. The van der Waals surface area contributed by atoms with Gasteiger partial charge < -0.3 is 25.0 Å². The van der Waals surface area contributed by atoms with E-state index in [1.54, 1.807) is 6.20 Å². The molecule has 2 aromatic rings. The van der Waals surface area contributed by atoms with Crippen LogP contribution in [0.2, 0.25) is 5.02 Å². The monoisotopic (exact) mass is 484 g/mol. The summed E-state index contributed by atoms with van der Waals surface area (Å²) in [6.07, 6.45) is 6.37. The largest absolute Gasteiger partial charge is 0.474 e. The van der Waals surface area contributed by atoms with Crippen molar-refractivity contribution in [1.29, 1.82) is 0 Å². The number of carbonyl (C=O) groups excluding carboxylic acids is 1. The van der Waals surface area contributed by atoms with Crippen LogP contribution >= 0.6 is 11.6 Å². The first-order chi connectivity index (χ1) is 16.5. The van der Waals surface area contributed by atoms with Gasteiger partial charge in [0.05, 0.1) is 12.0 Å². The third-order valence-corrected chi connectivity index (χ3v) is 7.28. The Bertz CT molecular complexity index is 961. The Balaban J connectivity index is 1.23. The number of hydrogen-bond donors (Lipinski definition) is 2. The molecular weight excluding hydrogens is 452 g/mol. The van der Waals surface area contributed by atoms with Gasteiger partial charge in [-0.05, 0) is 75.5 Å². The van der Waals surface area contributed by atoms with E-state index in [1.165, 1.54) is 0 Å². The molecule has 5 rings (SSSR count). The number of rotatable bonds is 9. The molecule has 3 heterocycles. The van der Waals surface area contributed by atoms with Gasteiger partial charge in [0.25, 0.3) is 0 Å². The van der Waals surface area contributed by atoms with Gasteiger partial charge >= 0.3 is 0 Å². The van der Waals surface area contributed by atoms with E-state index in [2.05, 4.69) is 20.1 Å². The van der Waals surface area contributed by atoms with Gasteiger partial charge in [0.2, 0.25) is 11.8 Å². The van der Waals surface area contributed by atoms with E-state index in [0.717, 1.165) is 57.4 Å². The van der Waals surface area contributed by atoms with Crippen LogP contribution in [0.3, 0.4) is 0 Å². The third kappa shape index (κ3) is 5.82.